The van der Waals surface area contributed by atoms with Gasteiger partial charge in [-0.15, -0.1) is 0 Å². The van der Waals surface area contributed by atoms with Gasteiger partial charge in [0.2, 0.25) is 0 Å². The Bertz CT molecular complexity index is 896. The van der Waals surface area contributed by atoms with E-state index in [0.717, 1.165) is 21.4 Å². The van der Waals surface area contributed by atoms with Gasteiger partial charge in [0.15, 0.2) is 0 Å². The first-order valence-electron chi connectivity index (χ1n) is 7.87. The van der Waals surface area contributed by atoms with Crippen molar-refractivity contribution in [3.05, 3.63) is 82.5 Å². The third kappa shape index (κ3) is 4.06. The molecule has 1 amide bonds. The molecule has 1 aromatic heterocycles. The van der Waals surface area contributed by atoms with Crippen molar-refractivity contribution in [2.75, 3.05) is 17.3 Å². The van der Waals surface area contributed by atoms with E-state index < -0.39 is 0 Å². The Morgan fingerprint density at radius 3 is 2.56 bits per heavy atom. The number of nitrogens with zero attached hydrogens (tertiary/aromatic N) is 2. The molecule has 3 rings (SSSR count). The van der Waals surface area contributed by atoms with Gasteiger partial charge in [-0.25, -0.2) is 4.98 Å². The first-order valence-corrected chi connectivity index (χ1v) is 8.66. The second kappa shape index (κ2) is 7.49. The van der Waals surface area contributed by atoms with Crippen LogP contribution in [0.1, 0.15) is 15.9 Å². The summed E-state index contributed by atoms with van der Waals surface area (Å²) in [5.74, 6) is 0.546. The fourth-order valence-corrected chi connectivity index (χ4v) is 2.78. The lowest BCUT2D eigenvalue weighted by atomic mass is 10.2. The third-order valence-corrected chi connectivity index (χ3v) is 4.78. The summed E-state index contributed by atoms with van der Waals surface area (Å²) in [5.41, 5.74) is 3.44. The van der Waals surface area contributed by atoms with Crippen LogP contribution in [0.4, 0.5) is 17.2 Å². The highest BCUT2D eigenvalue weighted by Gasteiger charge is 2.11. The largest absolute Gasteiger partial charge is 0.329 e. The Balaban J connectivity index is 1.81. The first kappa shape index (κ1) is 17.2. The first-order chi connectivity index (χ1) is 12.0. The summed E-state index contributed by atoms with van der Waals surface area (Å²) in [4.78, 5) is 18.9. The normalized spacial score (nSPS) is 10.4. The number of carbonyl (C=O) groups is 1. The number of pyridine rings is 1. The summed E-state index contributed by atoms with van der Waals surface area (Å²) in [5, 5.41) is 2.92. The number of carbonyl (C=O) groups excluding carboxylic acids is 1. The molecule has 0 saturated carbocycles. The van der Waals surface area contributed by atoms with E-state index in [1.165, 1.54) is 0 Å². The van der Waals surface area contributed by atoms with Crippen molar-refractivity contribution in [3.8, 4) is 0 Å². The molecule has 0 fully saturated rings. The van der Waals surface area contributed by atoms with Crippen LogP contribution in [-0.2, 0) is 0 Å². The van der Waals surface area contributed by atoms with Gasteiger partial charge in [-0.2, -0.15) is 0 Å². The van der Waals surface area contributed by atoms with Crippen LogP contribution in [-0.4, -0.2) is 17.9 Å². The summed E-state index contributed by atoms with van der Waals surface area (Å²) in [7, 11) is 1.93. The predicted molar refractivity (Wildman–Crippen MR) is 106 cm³/mol. The van der Waals surface area contributed by atoms with Crippen LogP contribution in [0.5, 0.6) is 0 Å². The van der Waals surface area contributed by atoms with Gasteiger partial charge in [-0.3, -0.25) is 4.79 Å². The fraction of sp³-hybridized carbons (Fsp3) is 0.100. The summed E-state index contributed by atoms with van der Waals surface area (Å²) in [6.45, 7) is 2.00. The smallest absolute Gasteiger partial charge is 0.255 e. The van der Waals surface area contributed by atoms with Gasteiger partial charge >= 0.3 is 0 Å². The summed E-state index contributed by atoms with van der Waals surface area (Å²) in [6.07, 6.45) is 1.65. The van der Waals surface area contributed by atoms with E-state index in [4.69, 9.17) is 0 Å². The van der Waals surface area contributed by atoms with Crippen LogP contribution in [0.15, 0.2) is 71.3 Å². The van der Waals surface area contributed by atoms with Gasteiger partial charge in [0, 0.05) is 34.7 Å². The number of nitrogens with one attached hydrogen (secondary N) is 1. The zero-order valence-corrected chi connectivity index (χ0v) is 15.6. The van der Waals surface area contributed by atoms with Crippen LogP contribution in [0, 0.1) is 6.92 Å². The van der Waals surface area contributed by atoms with Gasteiger partial charge < -0.3 is 10.2 Å². The Hall–Kier alpha value is -2.66. The van der Waals surface area contributed by atoms with Crippen molar-refractivity contribution in [1.29, 1.82) is 0 Å². The van der Waals surface area contributed by atoms with E-state index in [9.17, 15) is 4.79 Å². The molecule has 3 aromatic rings. The SMILES string of the molecule is Cc1ccc(NC(=O)c2ccnc(N(C)c3ccccc3)c2)cc1Br. The summed E-state index contributed by atoms with van der Waals surface area (Å²) < 4.78 is 0.963. The zero-order valence-electron chi connectivity index (χ0n) is 14.0. The number of anilines is 3. The monoisotopic (exact) mass is 395 g/mol. The maximum absolute atomic E-state index is 12.5. The molecule has 25 heavy (non-hydrogen) atoms. The number of para-hydroxylation sites is 1. The number of benzene rings is 2. The summed E-state index contributed by atoms with van der Waals surface area (Å²) >= 11 is 3.48. The highest BCUT2D eigenvalue weighted by atomic mass is 79.9. The van der Waals surface area contributed by atoms with Crippen molar-refractivity contribution in [2.45, 2.75) is 6.92 Å². The molecule has 0 radical (unpaired) electrons. The minimum absolute atomic E-state index is 0.166. The van der Waals surface area contributed by atoms with E-state index in [-0.39, 0.29) is 5.91 Å². The predicted octanol–water partition coefficient (Wildman–Crippen LogP) is 5.17. The van der Waals surface area contributed by atoms with Crippen LogP contribution in [0.2, 0.25) is 0 Å². The molecule has 0 saturated heterocycles. The molecule has 1 N–H and O–H groups in total. The number of aromatic nitrogens is 1. The topological polar surface area (TPSA) is 45.2 Å². The van der Waals surface area contributed by atoms with Gasteiger partial charge in [-0.05, 0) is 48.9 Å². The van der Waals surface area contributed by atoms with Crippen LogP contribution >= 0.6 is 15.9 Å². The lowest BCUT2D eigenvalue weighted by molar-refractivity contribution is 0.102. The number of halogens is 1. The molecule has 126 valence electrons. The number of amides is 1. The Kier molecular flexibility index (Phi) is 5.14. The van der Waals surface area contributed by atoms with E-state index in [0.29, 0.717) is 11.4 Å². The molecule has 0 aliphatic heterocycles. The number of hydrogen-bond acceptors (Lipinski definition) is 3. The molecule has 0 atom stereocenters. The average Bonchev–Trinajstić information content (AvgIpc) is 2.65. The fourth-order valence-electron chi connectivity index (χ4n) is 2.40. The van der Waals surface area contributed by atoms with Gasteiger partial charge in [0.1, 0.15) is 5.82 Å². The highest BCUT2D eigenvalue weighted by Crippen LogP contribution is 2.23. The van der Waals surface area contributed by atoms with Crippen molar-refractivity contribution < 1.29 is 4.79 Å². The average molecular weight is 396 g/mol. The standard InChI is InChI=1S/C20H18BrN3O/c1-14-8-9-16(13-18(14)21)23-20(25)15-10-11-22-19(12-15)24(2)17-6-4-3-5-7-17/h3-13H,1-2H3,(H,23,25). The molecule has 4 nitrogen and oxygen atoms in total. The minimum atomic E-state index is -0.166. The molecule has 0 unspecified atom stereocenters. The molecule has 0 bridgehead atoms. The van der Waals surface area contributed by atoms with Gasteiger partial charge in [0.05, 0.1) is 0 Å². The molecule has 0 spiro atoms. The van der Waals surface area contributed by atoms with Gasteiger partial charge in [-0.1, -0.05) is 40.2 Å². The maximum atomic E-state index is 12.5. The van der Waals surface area contributed by atoms with Crippen molar-refractivity contribution >= 4 is 39.0 Å². The van der Waals surface area contributed by atoms with E-state index >= 15 is 0 Å². The third-order valence-electron chi connectivity index (χ3n) is 3.92. The minimum Gasteiger partial charge on any atom is -0.329 e. The number of aryl methyl sites for hydroxylation is 1. The van der Waals surface area contributed by atoms with Crippen LogP contribution < -0.4 is 10.2 Å². The molecule has 1 heterocycles. The number of hydrogen-bond donors (Lipinski definition) is 1. The quantitative estimate of drug-likeness (QED) is 0.662. The lowest BCUT2D eigenvalue weighted by Crippen LogP contribution is -2.15. The van der Waals surface area contributed by atoms with E-state index in [1.807, 2.05) is 67.4 Å². The van der Waals surface area contributed by atoms with Gasteiger partial charge in [0.25, 0.3) is 5.91 Å². The Morgan fingerprint density at radius 2 is 1.84 bits per heavy atom. The van der Waals surface area contributed by atoms with Crippen molar-refractivity contribution in [3.63, 3.8) is 0 Å². The van der Waals surface area contributed by atoms with E-state index in [1.54, 1.807) is 18.3 Å². The van der Waals surface area contributed by atoms with Crippen LogP contribution in [0.25, 0.3) is 0 Å². The molecule has 5 heteroatoms. The number of rotatable bonds is 4. The maximum Gasteiger partial charge on any atom is 0.255 e. The van der Waals surface area contributed by atoms with Crippen molar-refractivity contribution in [1.82, 2.24) is 4.98 Å². The zero-order chi connectivity index (χ0) is 17.8. The summed E-state index contributed by atoms with van der Waals surface area (Å²) in [6, 6.07) is 19.1. The molecule has 0 aliphatic rings. The Labute approximate surface area is 155 Å². The van der Waals surface area contributed by atoms with E-state index in [2.05, 4.69) is 26.2 Å². The molecular formula is C20H18BrN3O. The Morgan fingerprint density at radius 1 is 1.08 bits per heavy atom. The molecule has 0 aliphatic carbocycles. The molecular weight excluding hydrogens is 378 g/mol. The second-order valence-electron chi connectivity index (χ2n) is 5.72. The lowest BCUT2D eigenvalue weighted by Gasteiger charge is -2.18. The van der Waals surface area contributed by atoms with Crippen molar-refractivity contribution in [2.24, 2.45) is 0 Å². The van der Waals surface area contributed by atoms with Crippen LogP contribution in [0.3, 0.4) is 0 Å². The molecule has 2 aromatic carbocycles. The highest BCUT2D eigenvalue weighted by molar-refractivity contribution is 9.10. The second-order valence-corrected chi connectivity index (χ2v) is 6.57.